The summed E-state index contributed by atoms with van der Waals surface area (Å²) < 4.78 is 0. The van der Waals surface area contributed by atoms with Crippen LogP contribution in [0.15, 0.2) is 30.3 Å². The molecule has 1 saturated carbocycles. The van der Waals surface area contributed by atoms with Gasteiger partial charge in [0.1, 0.15) is 0 Å². The molecule has 24 heavy (non-hydrogen) atoms. The number of amides is 1. The van der Waals surface area contributed by atoms with Crippen molar-refractivity contribution in [3.05, 3.63) is 35.9 Å². The third-order valence-corrected chi connectivity index (χ3v) is 5.44. The van der Waals surface area contributed by atoms with Crippen LogP contribution in [-0.4, -0.2) is 60.5 Å². The van der Waals surface area contributed by atoms with Gasteiger partial charge in [-0.2, -0.15) is 0 Å². The highest BCUT2D eigenvalue weighted by molar-refractivity contribution is 5.79. The van der Waals surface area contributed by atoms with Crippen LogP contribution in [0.3, 0.4) is 0 Å². The van der Waals surface area contributed by atoms with E-state index in [4.69, 9.17) is 5.73 Å². The number of rotatable bonds is 6. The van der Waals surface area contributed by atoms with Gasteiger partial charge in [0.2, 0.25) is 5.91 Å². The predicted molar refractivity (Wildman–Crippen MR) is 96.6 cm³/mol. The second-order valence-electron chi connectivity index (χ2n) is 7.28. The molecule has 1 heterocycles. The lowest BCUT2D eigenvalue weighted by atomic mass is 9.98. The van der Waals surface area contributed by atoms with E-state index in [1.807, 2.05) is 0 Å². The van der Waals surface area contributed by atoms with Crippen LogP contribution < -0.4 is 11.1 Å². The number of hydrogen-bond acceptors (Lipinski definition) is 4. The predicted octanol–water partition coefficient (Wildman–Crippen LogP) is 1.19. The van der Waals surface area contributed by atoms with Crippen molar-refractivity contribution in [1.82, 2.24) is 15.1 Å². The molecule has 0 aromatic heterocycles. The lowest BCUT2D eigenvalue weighted by Gasteiger charge is -2.35. The molecule has 132 valence electrons. The van der Waals surface area contributed by atoms with Gasteiger partial charge >= 0.3 is 0 Å². The zero-order valence-electron chi connectivity index (χ0n) is 14.5. The van der Waals surface area contributed by atoms with Gasteiger partial charge in [0.05, 0.1) is 12.1 Å². The number of hydrogen-bond donors (Lipinski definition) is 2. The molecule has 2 fully saturated rings. The van der Waals surface area contributed by atoms with Crippen LogP contribution in [0.2, 0.25) is 0 Å². The summed E-state index contributed by atoms with van der Waals surface area (Å²) in [6.07, 6.45) is 4.41. The lowest BCUT2D eigenvalue weighted by molar-refractivity contribution is -0.124. The molecule has 2 aliphatic rings. The Labute approximate surface area is 145 Å². The maximum atomic E-state index is 12.4. The molecule has 5 heteroatoms. The topological polar surface area (TPSA) is 61.6 Å². The van der Waals surface area contributed by atoms with Crippen LogP contribution in [0, 0.1) is 0 Å². The minimum Gasteiger partial charge on any atom is -0.348 e. The molecule has 0 bridgehead atoms. The normalized spacial score (nSPS) is 21.7. The first-order chi connectivity index (χ1) is 11.7. The number of benzene rings is 1. The number of nitrogens with two attached hydrogens (primary N) is 1. The monoisotopic (exact) mass is 330 g/mol. The van der Waals surface area contributed by atoms with Gasteiger partial charge in [-0.3, -0.25) is 14.6 Å². The molecule has 1 amide bonds. The molecule has 0 radical (unpaired) electrons. The molecule has 1 aromatic rings. The fourth-order valence-electron chi connectivity index (χ4n) is 3.92. The Hall–Kier alpha value is -1.43. The van der Waals surface area contributed by atoms with Crippen LogP contribution in [0.5, 0.6) is 0 Å². The quantitative estimate of drug-likeness (QED) is 0.823. The third-order valence-electron chi connectivity index (χ3n) is 5.44. The average Bonchev–Trinajstić information content (AvgIpc) is 3.06. The van der Waals surface area contributed by atoms with E-state index in [1.54, 1.807) is 0 Å². The molecule has 1 aliphatic heterocycles. The maximum absolute atomic E-state index is 12.4. The Balaban J connectivity index is 1.41. The number of nitrogens with zero attached hydrogens (tertiary/aromatic N) is 2. The molecule has 0 unspecified atom stereocenters. The van der Waals surface area contributed by atoms with Gasteiger partial charge in [0, 0.05) is 39.3 Å². The first-order valence-corrected chi connectivity index (χ1v) is 9.19. The van der Waals surface area contributed by atoms with E-state index in [1.165, 1.54) is 18.4 Å². The Morgan fingerprint density at radius 2 is 1.67 bits per heavy atom. The van der Waals surface area contributed by atoms with Crippen molar-refractivity contribution in [2.75, 3.05) is 39.3 Å². The zero-order chi connectivity index (χ0) is 16.8. The molecule has 3 N–H and O–H groups in total. The molecule has 5 nitrogen and oxygen atoms in total. The van der Waals surface area contributed by atoms with E-state index < -0.39 is 0 Å². The van der Waals surface area contributed by atoms with Crippen molar-refractivity contribution < 1.29 is 4.79 Å². The first-order valence-electron chi connectivity index (χ1n) is 9.19. The summed E-state index contributed by atoms with van der Waals surface area (Å²) in [5, 5.41) is 3.22. The van der Waals surface area contributed by atoms with Crippen LogP contribution >= 0.6 is 0 Å². The van der Waals surface area contributed by atoms with Crippen molar-refractivity contribution in [2.24, 2.45) is 5.73 Å². The van der Waals surface area contributed by atoms with Crippen molar-refractivity contribution in [3.63, 3.8) is 0 Å². The van der Waals surface area contributed by atoms with Crippen molar-refractivity contribution in [1.29, 1.82) is 0 Å². The minimum atomic E-state index is -0.133. The van der Waals surface area contributed by atoms with E-state index in [0.717, 1.165) is 45.6 Å². The molecule has 1 saturated heterocycles. The Morgan fingerprint density at radius 1 is 1.04 bits per heavy atom. The van der Waals surface area contributed by atoms with Crippen LogP contribution in [0.1, 0.15) is 31.2 Å². The van der Waals surface area contributed by atoms with Crippen molar-refractivity contribution in [3.8, 4) is 0 Å². The van der Waals surface area contributed by atoms with E-state index in [-0.39, 0.29) is 11.4 Å². The lowest BCUT2D eigenvalue weighted by Crippen LogP contribution is -2.55. The van der Waals surface area contributed by atoms with Gasteiger partial charge < -0.3 is 11.1 Å². The van der Waals surface area contributed by atoms with Gasteiger partial charge in [-0.1, -0.05) is 43.2 Å². The third kappa shape index (κ3) is 4.56. The second-order valence-corrected chi connectivity index (χ2v) is 7.28. The fraction of sp³-hybridized carbons (Fsp3) is 0.632. The molecule has 0 atom stereocenters. The minimum absolute atomic E-state index is 0.133. The highest BCUT2D eigenvalue weighted by Crippen LogP contribution is 2.28. The first kappa shape index (κ1) is 17.4. The van der Waals surface area contributed by atoms with E-state index in [0.29, 0.717) is 13.1 Å². The Kier molecular flexibility index (Phi) is 5.87. The molecular formula is C19H30N4O. The average molecular weight is 330 g/mol. The van der Waals surface area contributed by atoms with E-state index in [2.05, 4.69) is 45.4 Å². The smallest absolute Gasteiger partial charge is 0.234 e. The summed E-state index contributed by atoms with van der Waals surface area (Å²) in [5.41, 5.74) is 7.13. The van der Waals surface area contributed by atoms with Gasteiger partial charge in [-0.25, -0.2) is 0 Å². The Morgan fingerprint density at radius 3 is 2.29 bits per heavy atom. The molecule has 1 aromatic carbocycles. The number of nitrogens with one attached hydrogen (secondary N) is 1. The van der Waals surface area contributed by atoms with Crippen LogP contribution in [-0.2, 0) is 11.3 Å². The largest absolute Gasteiger partial charge is 0.348 e. The molecule has 0 spiro atoms. The van der Waals surface area contributed by atoms with Crippen LogP contribution in [0.25, 0.3) is 0 Å². The summed E-state index contributed by atoms with van der Waals surface area (Å²) in [4.78, 5) is 17.1. The summed E-state index contributed by atoms with van der Waals surface area (Å²) in [6.45, 7) is 6.00. The van der Waals surface area contributed by atoms with E-state index in [9.17, 15) is 4.79 Å². The van der Waals surface area contributed by atoms with Gasteiger partial charge in [-0.05, 0) is 18.4 Å². The molecular weight excluding hydrogens is 300 g/mol. The summed E-state index contributed by atoms with van der Waals surface area (Å²) in [7, 11) is 0. The van der Waals surface area contributed by atoms with Gasteiger partial charge in [0.25, 0.3) is 0 Å². The summed E-state index contributed by atoms with van der Waals surface area (Å²) in [6, 6.07) is 10.6. The second kappa shape index (κ2) is 8.10. The summed E-state index contributed by atoms with van der Waals surface area (Å²) >= 11 is 0. The van der Waals surface area contributed by atoms with E-state index >= 15 is 0 Å². The van der Waals surface area contributed by atoms with Crippen LogP contribution in [0.4, 0.5) is 0 Å². The number of carbonyl (C=O) groups is 1. The SMILES string of the molecule is NCC1(NC(=O)CN2CCN(Cc3ccccc3)CC2)CCCC1. The Bertz CT molecular complexity index is 519. The number of piperazine rings is 1. The standard InChI is InChI=1S/C19H30N4O/c20-16-19(8-4-5-9-19)21-18(24)15-23-12-10-22(11-13-23)14-17-6-2-1-3-7-17/h1-3,6-7H,4-5,8-16,20H2,(H,21,24). The number of carbonyl (C=O) groups excluding carboxylic acids is 1. The summed E-state index contributed by atoms with van der Waals surface area (Å²) in [5.74, 6) is 0.138. The maximum Gasteiger partial charge on any atom is 0.234 e. The fourth-order valence-corrected chi connectivity index (χ4v) is 3.92. The highest BCUT2D eigenvalue weighted by atomic mass is 16.2. The molecule has 3 rings (SSSR count). The molecule has 1 aliphatic carbocycles. The van der Waals surface area contributed by atoms with Gasteiger partial charge in [-0.15, -0.1) is 0 Å². The van der Waals surface area contributed by atoms with Crippen molar-refractivity contribution >= 4 is 5.91 Å². The zero-order valence-corrected chi connectivity index (χ0v) is 14.5. The van der Waals surface area contributed by atoms with Gasteiger partial charge in [0.15, 0.2) is 0 Å². The highest BCUT2D eigenvalue weighted by Gasteiger charge is 2.34. The van der Waals surface area contributed by atoms with Crippen molar-refractivity contribution in [2.45, 2.75) is 37.8 Å².